The first-order valence-electron chi connectivity index (χ1n) is 22.6. The van der Waals surface area contributed by atoms with Crippen molar-refractivity contribution in [3.63, 3.8) is 0 Å². The molecule has 0 radical (unpaired) electrons. The third kappa shape index (κ3) is 35.7. The number of hydrogen-bond donors (Lipinski definition) is 0. The van der Waals surface area contributed by atoms with Crippen molar-refractivity contribution in [2.45, 2.75) is 258 Å². The van der Waals surface area contributed by atoms with E-state index in [1.54, 1.807) is 0 Å². The highest BCUT2D eigenvalue weighted by atomic mass is 31.2. The van der Waals surface area contributed by atoms with Gasteiger partial charge in [-0.3, -0.25) is 0 Å². The summed E-state index contributed by atoms with van der Waals surface area (Å²) in [4.78, 5) is 11.7. The Balaban J connectivity index is 4.57. The van der Waals surface area contributed by atoms with Crippen molar-refractivity contribution in [1.29, 1.82) is 0 Å². The molecule has 0 aliphatic heterocycles. The smallest absolute Gasteiger partial charge is 0.0646 e. The molecule has 288 valence electrons. The first-order chi connectivity index (χ1) is 23.6. The number of aliphatic carboxylic acids is 1. The SMILES string of the molecule is CCCCCCCCCCCCCC[P+](CCCCCCCCCCCCCC)(CCCCCCCCCCCCCC)CCC(=O)[O-]. The lowest BCUT2D eigenvalue weighted by molar-refractivity contribution is -0.305. The van der Waals surface area contributed by atoms with Crippen molar-refractivity contribution >= 4 is 13.2 Å². The van der Waals surface area contributed by atoms with Crippen LogP contribution < -0.4 is 5.11 Å². The number of hydrogen-bond acceptors (Lipinski definition) is 2. The molecule has 0 atom stereocenters. The molecule has 2 nitrogen and oxygen atoms in total. The van der Waals surface area contributed by atoms with Gasteiger partial charge in [0.05, 0.1) is 24.6 Å². The molecular formula is C45H91O2P. The van der Waals surface area contributed by atoms with Gasteiger partial charge in [-0.05, 0) is 38.5 Å². The van der Waals surface area contributed by atoms with Crippen molar-refractivity contribution in [1.82, 2.24) is 0 Å². The standard InChI is InChI=1S/C45H91O2P/c1-4-7-10-13-16-19-22-25-28-31-34-37-41-48(44-40-45(46)47,42-38-35-32-29-26-23-20-17-14-11-8-5-2)43-39-36-33-30-27-24-21-18-15-12-9-6-3/h4-44H2,1-3H3. The Labute approximate surface area is 305 Å². The molecule has 3 heteroatoms. The maximum atomic E-state index is 11.7. The van der Waals surface area contributed by atoms with Crippen LogP contribution in [0.3, 0.4) is 0 Å². The summed E-state index contributed by atoms with van der Waals surface area (Å²) >= 11 is 0. The fourth-order valence-corrected chi connectivity index (χ4v) is 12.5. The Morgan fingerprint density at radius 2 is 0.500 bits per heavy atom. The molecule has 0 unspecified atom stereocenters. The lowest BCUT2D eigenvalue weighted by Gasteiger charge is -2.29. The van der Waals surface area contributed by atoms with Gasteiger partial charge in [-0.2, -0.15) is 0 Å². The van der Waals surface area contributed by atoms with Gasteiger partial charge in [0.15, 0.2) is 0 Å². The molecule has 0 saturated heterocycles. The summed E-state index contributed by atoms with van der Waals surface area (Å²) < 4.78 is 0. The van der Waals surface area contributed by atoms with Crippen molar-refractivity contribution in [3.8, 4) is 0 Å². The predicted molar refractivity (Wildman–Crippen MR) is 219 cm³/mol. The maximum absolute atomic E-state index is 11.7. The van der Waals surface area contributed by atoms with E-state index in [9.17, 15) is 9.90 Å². The molecule has 0 heterocycles. The van der Waals surface area contributed by atoms with Crippen LogP contribution >= 0.6 is 7.26 Å². The molecule has 0 aromatic heterocycles. The number of carboxylic acids is 1. The van der Waals surface area contributed by atoms with Crippen LogP contribution in [0.2, 0.25) is 0 Å². The minimum Gasteiger partial charge on any atom is -0.550 e. The Kier molecular flexibility index (Phi) is 39.6. The second-order valence-corrected chi connectivity index (χ2v) is 20.5. The van der Waals surface area contributed by atoms with Crippen LogP contribution in [0.25, 0.3) is 0 Å². The maximum Gasteiger partial charge on any atom is 0.0646 e. The highest BCUT2D eigenvalue weighted by Gasteiger charge is 2.35. The van der Waals surface area contributed by atoms with E-state index in [2.05, 4.69) is 20.8 Å². The van der Waals surface area contributed by atoms with Gasteiger partial charge in [-0.15, -0.1) is 0 Å². The Morgan fingerprint density at radius 3 is 0.688 bits per heavy atom. The van der Waals surface area contributed by atoms with Gasteiger partial charge >= 0.3 is 0 Å². The van der Waals surface area contributed by atoms with Crippen LogP contribution in [-0.2, 0) is 4.79 Å². The van der Waals surface area contributed by atoms with E-state index in [4.69, 9.17) is 0 Å². The summed E-state index contributed by atoms with van der Waals surface area (Å²) in [6.45, 7) is 6.90. The lowest BCUT2D eigenvalue weighted by Crippen LogP contribution is -2.25. The third-order valence-corrected chi connectivity index (χ3v) is 16.2. The largest absolute Gasteiger partial charge is 0.550 e. The van der Waals surface area contributed by atoms with Gasteiger partial charge < -0.3 is 9.90 Å². The quantitative estimate of drug-likeness (QED) is 0.0471. The zero-order valence-electron chi connectivity index (χ0n) is 33.8. The fourth-order valence-electron chi connectivity index (χ4n) is 7.86. The molecule has 0 saturated carbocycles. The van der Waals surface area contributed by atoms with Crippen LogP contribution in [-0.4, -0.2) is 30.6 Å². The number of carboxylic acid groups (broad SMARTS) is 1. The molecule has 0 aromatic rings. The number of rotatable bonds is 42. The van der Waals surface area contributed by atoms with Gasteiger partial charge in [0.25, 0.3) is 0 Å². The molecule has 0 aliphatic rings. The van der Waals surface area contributed by atoms with Gasteiger partial charge in [0.1, 0.15) is 0 Å². The summed E-state index contributed by atoms with van der Waals surface area (Å²) in [6.07, 6.45) is 55.7. The zero-order chi connectivity index (χ0) is 35.1. The molecule has 0 N–H and O–H groups in total. The van der Waals surface area contributed by atoms with E-state index < -0.39 is 13.2 Å². The number of carbonyl (C=O) groups is 1. The van der Waals surface area contributed by atoms with E-state index in [-0.39, 0.29) is 0 Å². The highest BCUT2D eigenvalue weighted by Crippen LogP contribution is 2.61. The Morgan fingerprint density at radius 1 is 0.312 bits per heavy atom. The normalized spacial score (nSPS) is 11.9. The van der Waals surface area contributed by atoms with E-state index in [0.717, 1.165) is 6.16 Å². The molecule has 0 aromatic carbocycles. The summed E-state index contributed by atoms with van der Waals surface area (Å²) in [5.41, 5.74) is 0. The van der Waals surface area contributed by atoms with Crippen molar-refractivity contribution in [2.75, 3.05) is 24.6 Å². The Hall–Kier alpha value is -0.100. The van der Waals surface area contributed by atoms with Crippen LogP contribution in [0.4, 0.5) is 0 Å². The van der Waals surface area contributed by atoms with Gasteiger partial charge in [-0.1, -0.05) is 213 Å². The molecule has 0 rings (SSSR count). The lowest BCUT2D eigenvalue weighted by atomic mass is 10.1. The Bertz CT molecular complexity index is 551. The average Bonchev–Trinajstić information content (AvgIpc) is 3.08. The molecule has 0 fully saturated rings. The fraction of sp³-hybridized carbons (Fsp3) is 0.978. The van der Waals surface area contributed by atoms with E-state index in [1.807, 2.05) is 0 Å². The van der Waals surface area contributed by atoms with Crippen molar-refractivity contribution in [3.05, 3.63) is 0 Å². The third-order valence-electron chi connectivity index (χ3n) is 11.2. The second kappa shape index (κ2) is 39.7. The summed E-state index contributed by atoms with van der Waals surface area (Å²) in [7, 11) is -1.21. The summed E-state index contributed by atoms with van der Waals surface area (Å²) in [5.74, 6) is -0.807. The highest BCUT2D eigenvalue weighted by molar-refractivity contribution is 7.75. The molecule has 0 spiro atoms. The van der Waals surface area contributed by atoms with Crippen LogP contribution in [0.15, 0.2) is 0 Å². The molecule has 48 heavy (non-hydrogen) atoms. The van der Waals surface area contributed by atoms with Gasteiger partial charge in [0.2, 0.25) is 0 Å². The zero-order valence-corrected chi connectivity index (χ0v) is 34.6. The first kappa shape index (κ1) is 47.9. The molecule has 0 amide bonds. The van der Waals surface area contributed by atoms with Crippen molar-refractivity contribution in [2.24, 2.45) is 0 Å². The van der Waals surface area contributed by atoms with Gasteiger partial charge in [-0.25, -0.2) is 0 Å². The summed E-state index contributed by atoms with van der Waals surface area (Å²) in [5, 5.41) is 11.7. The van der Waals surface area contributed by atoms with Crippen LogP contribution in [0, 0.1) is 0 Å². The molecule has 0 bridgehead atoms. The minimum atomic E-state index is -1.21. The van der Waals surface area contributed by atoms with Crippen molar-refractivity contribution < 1.29 is 9.90 Å². The van der Waals surface area contributed by atoms with E-state index in [1.165, 1.54) is 250 Å². The second-order valence-electron chi connectivity index (χ2n) is 16.0. The average molecular weight is 695 g/mol. The summed E-state index contributed by atoms with van der Waals surface area (Å²) in [6, 6.07) is 0. The molecular weight excluding hydrogens is 603 g/mol. The van der Waals surface area contributed by atoms with E-state index >= 15 is 0 Å². The predicted octanol–water partition coefficient (Wildman–Crippen LogP) is 15.2. The van der Waals surface area contributed by atoms with Gasteiger partial charge in [0, 0.05) is 19.7 Å². The minimum absolute atomic E-state index is 0.308. The topological polar surface area (TPSA) is 40.1 Å². The first-order valence-corrected chi connectivity index (χ1v) is 25.2. The van der Waals surface area contributed by atoms with Crippen LogP contribution in [0.1, 0.15) is 258 Å². The van der Waals surface area contributed by atoms with E-state index in [0.29, 0.717) is 6.42 Å². The number of carbonyl (C=O) groups excluding carboxylic acids is 1. The van der Waals surface area contributed by atoms with Crippen LogP contribution in [0.5, 0.6) is 0 Å². The molecule has 0 aliphatic carbocycles. The number of unbranched alkanes of at least 4 members (excludes halogenated alkanes) is 33. The monoisotopic (exact) mass is 695 g/mol.